The first-order valence-electron chi connectivity index (χ1n) is 4.69. The first-order chi connectivity index (χ1) is 6.09. The van der Waals surface area contributed by atoms with Crippen LogP contribution in [0.2, 0.25) is 0 Å². The monoisotopic (exact) mass is 182 g/mol. The average molecular weight is 182 g/mol. The SMILES string of the molecule is C=C(CN1CCC(=O)CC1)N(C)C. The maximum Gasteiger partial charge on any atom is 0.135 e. The molecule has 1 aliphatic heterocycles. The molecule has 0 amide bonds. The highest BCUT2D eigenvalue weighted by atomic mass is 16.1. The molecule has 0 saturated carbocycles. The lowest BCUT2D eigenvalue weighted by molar-refractivity contribution is -0.121. The maximum atomic E-state index is 11.0. The van der Waals surface area contributed by atoms with E-state index in [1.807, 2.05) is 19.0 Å². The van der Waals surface area contributed by atoms with Crippen LogP contribution >= 0.6 is 0 Å². The van der Waals surface area contributed by atoms with Crippen molar-refractivity contribution < 1.29 is 4.79 Å². The molecule has 0 bridgehead atoms. The molecule has 0 aromatic carbocycles. The fourth-order valence-corrected chi connectivity index (χ4v) is 1.36. The summed E-state index contributed by atoms with van der Waals surface area (Å²) >= 11 is 0. The summed E-state index contributed by atoms with van der Waals surface area (Å²) in [6.45, 7) is 6.64. The first-order valence-corrected chi connectivity index (χ1v) is 4.69. The smallest absolute Gasteiger partial charge is 0.135 e. The van der Waals surface area contributed by atoms with Crippen molar-refractivity contribution >= 4 is 5.78 Å². The Balaban J connectivity index is 2.30. The maximum absolute atomic E-state index is 11.0. The minimum absolute atomic E-state index is 0.395. The van der Waals surface area contributed by atoms with Gasteiger partial charge >= 0.3 is 0 Å². The zero-order valence-electron chi connectivity index (χ0n) is 8.55. The summed E-state index contributed by atoms with van der Waals surface area (Å²) < 4.78 is 0. The standard InChI is InChI=1S/C10H18N2O/c1-9(11(2)3)8-12-6-4-10(13)5-7-12/h1,4-8H2,2-3H3. The molecule has 1 heterocycles. The van der Waals surface area contributed by atoms with E-state index in [-0.39, 0.29) is 0 Å². The van der Waals surface area contributed by atoms with Crippen LogP contribution in [-0.2, 0) is 4.79 Å². The molecule has 74 valence electrons. The van der Waals surface area contributed by atoms with Gasteiger partial charge in [0.15, 0.2) is 0 Å². The summed E-state index contributed by atoms with van der Waals surface area (Å²) in [4.78, 5) is 15.3. The van der Waals surface area contributed by atoms with Gasteiger partial charge in [0.05, 0.1) is 0 Å². The van der Waals surface area contributed by atoms with Gasteiger partial charge in [-0.15, -0.1) is 0 Å². The topological polar surface area (TPSA) is 23.6 Å². The third-order valence-corrected chi connectivity index (χ3v) is 2.45. The predicted octanol–water partition coefficient (Wildman–Crippen LogP) is 0.727. The Morgan fingerprint density at radius 1 is 1.46 bits per heavy atom. The van der Waals surface area contributed by atoms with Gasteiger partial charge in [0.25, 0.3) is 0 Å². The van der Waals surface area contributed by atoms with Gasteiger partial charge in [0.2, 0.25) is 0 Å². The predicted molar refractivity (Wildman–Crippen MR) is 53.5 cm³/mol. The number of hydrogen-bond acceptors (Lipinski definition) is 3. The van der Waals surface area contributed by atoms with Crippen molar-refractivity contribution in [3.8, 4) is 0 Å². The third-order valence-electron chi connectivity index (χ3n) is 2.45. The number of carbonyl (C=O) groups excluding carboxylic acids is 1. The highest BCUT2D eigenvalue weighted by Crippen LogP contribution is 2.08. The molecule has 0 unspecified atom stereocenters. The molecule has 1 rings (SSSR count). The van der Waals surface area contributed by atoms with Crippen molar-refractivity contribution in [2.24, 2.45) is 0 Å². The molecule has 1 saturated heterocycles. The summed E-state index contributed by atoms with van der Waals surface area (Å²) in [5.74, 6) is 0.395. The van der Waals surface area contributed by atoms with Gasteiger partial charge in [-0.3, -0.25) is 9.69 Å². The van der Waals surface area contributed by atoms with Crippen LogP contribution in [0.4, 0.5) is 0 Å². The van der Waals surface area contributed by atoms with E-state index in [1.54, 1.807) is 0 Å². The number of nitrogens with zero attached hydrogens (tertiary/aromatic N) is 2. The number of hydrogen-bond donors (Lipinski definition) is 0. The molecule has 0 atom stereocenters. The van der Waals surface area contributed by atoms with Crippen LogP contribution in [0.1, 0.15) is 12.8 Å². The molecule has 0 N–H and O–H groups in total. The van der Waals surface area contributed by atoms with Crippen molar-refractivity contribution in [1.82, 2.24) is 9.80 Å². The van der Waals surface area contributed by atoms with Crippen LogP contribution in [0.25, 0.3) is 0 Å². The molecule has 0 aromatic heterocycles. The highest BCUT2D eigenvalue weighted by molar-refractivity contribution is 5.79. The van der Waals surface area contributed by atoms with Gasteiger partial charge in [0, 0.05) is 52.3 Å². The average Bonchev–Trinajstić information content (AvgIpc) is 2.08. The van der Waals surface area contributed by atoms with E-state index in [4.69, 9.17) is 0 Å². The van der Waals surface area contributed by atoms with Gasteiger partial charge in [-0.2, -0.15) is 0 Å². The summed E-state index contributed by atoms with van der Waals surface area (Å²) in [7, 11) is 3.99. The van der Waals surface area contributed by atoms with E-state index in [2.05, 4.69) is 11.5 Å². The van der Waals surface area contributed by atoms with E-state index >= 15 is 0 Å². The number of likely N-dealkylation sites (tertiary alicyclic amines) is 1. The molecule has 0 aliphatic carbocycles. The second-order valence-electron chi connectivity index (χ2n) is 3.78. The Labute approximate surface area is 80.0 Å². The lowest BCUT2D eigenvalue weighted by atomic mass is 10.1. The second-order valence-corrected chi connectivity index (χ2v) is 3.78. The minimum atomic E-state index is 0.395. The summed E-state index contributed by atoms with van der Waals surface area (Å²) in [6, 6.07) is 0. The molecular formula is C10H18N2O. The largest absolute Gasteiger partial charge is 0.380 e. The number of likely N-dealkylation sites (N-methyl/N-ethyl adjacent to an activating group) is 1. The number of ketones is 1. The van der Waals surface area contributed by atoms with Crippen LogP contribution in [0.5, 0.6) is 0 Å². The number of piperidine rings is 1. The van der Waals surface area contributed by atoms with Gasteiger partial charge in [-0.05, 0) is 0 Å². The van der Waals surface area contributed by atoms with Crippen LogP contribution in [0.15, 0.2) is 12.3 Å². The van der Waals surface area contributed by atoms with Gasteiger partial charge < -0.3 is 4.90 Å². The number of carbonyl (C=O) groups is 1. The number of Topliss-reactive ketones (excluding diaryl/α,β-unsaturated/α-hetero) is 1. The molecule has 0 aromatic rings. The van der Waals surface area contributed by atoms with Crippen molar-refractivity contribution in [3.05, 3.63) is 12.3 Å². The van der Waals surface area contributed by atoms with Gasteiger partial charge in [0.1, 0.15) is 5.78 Å². The molecule has 13 heavy (non-hydrogen) atoms. The zero-order valence-corrected chi connectivity index (χ0v) is 8.55. The third kappa shape index (κ3) is 3.19. The molecule has 0 spiro atoms. The molecule has 0 radical (unpaired) electrons. The Kier molecular flexibility index (Phi) is 3.48. The lowest BCUT2D eigenvalue weighted by Crippen LogP contribution is -2.36. The fourth-order valence-electron chi connectivity index (χ4n) is 1.36. The van der Waals surface area contributed by atoms with E-state index in [0.717, 1.165) is 25.3 Å². The Bertz CT molecular complexity index is 201. The zero-order chi connectivity index (χ0) is 9.84. The Hall–Kier alpha value is -0.830. The van der Waals surface area contributed by atoms with Crippen molar-refractivity contribution in [2.75, 3.05) is 33.7 Å². The fraction of sp³-hybridized carbons (Fsp3) is 0.700. The molecule has 1 aliphatic rings. The first kappa shape index (κ1) is 10.3. The highest BCUT2D eigenvalue weighted by Gasteiger charge is 2.16. The summed E-state index contributed by atoms with van der Waals surface area (Å²) in [5.41, 5.74) is 1.11. The van der Waals surface area contributed by atoms with Crippen molar-refractivity contribution in [3.63, 3.8) is 0 Å². The lowest BCUT2D eigenvalue weighted by Gasteiger charge is -2.28. The van der Waals surface area contributed by atoms with Gasteiger partial charge in [-0.1, -0.05) is 6.58 Å². The molecular weight excluding hydrogens is 164 g/mol. The summed E-state index contributed by atoms with van der Waals surface area (Å²) in [6.07, 6.45) is 1.42. The van der Waals surface area contributed by atoms with E-state index in [0.29, 0.717) is 18.6 Å². The van der Waals surface area contributed by atoms with E-state index in [1.165, 1.54) is 0 Å². The van der Waals surface area contributed by atoms with E-state index in [9.17, 15) is 4.79 Å². The van der Waals surface area contributed by atoms with Crippen LogP contribution in [0.3, 0.4) is 0 Å². The molecule has 1 fully saturated rings. The van der Waals surface area contributed by atoms with E-state index < -0.39 is 0 Å². The minimum Gasteiger partial charge on any atom is -0.380 e. The van der Waals surface area contributed by atoms with Crippen LogP contribution in [0, 0.1) is 0 Å². The normalized spacial score (nSPS) is 18.8. The van der Waals surface area contributed by atoms with Crippen molar-refractivity contribution in [2.45, 2.75) is 12.8 Å². The second kappa shape index (κ2) is 4.42. The number of rotatable bonds is 3. The van der Waals surface area contributed by atoms with Crippen LogP contribution in [-0.4, -0.2) is 49.3 Å². The quantitative estimate of drug-likeness (QED) is 0.643. The van der Waals surface area contributed by atoms with Crippen LogP contribution < -0.4 is 0 Å². The van der Waals surface area contributed by atoms with Gasteiger partial charge in [-0.25, -0.2) is 0 Å². The Morgan fingerprint density at radius 2 is 2.00 bits per heavy atom. The summed E-state index contributed by atoms with van der Waals surface area (Å²) in [5, 5.41) is 0. The molecule has 3 heteroatoms. The molecule has 3 nitrogen and oxygen atoms in total. The van der Waals surface area contributed by atoms with Crippen molar-refractivity contribution in [1.29, 1.82) is 0 Å². The Morgan fingerprint density at radius 3 is 2.46 bits per heavy atom.